The van der Waals surface area contributed by atoms with Crippen molar-refractivity contribution in [2.75, 3.05) is 5.32 Å². The predicted molar refractivity (Wildman–Crippen MR) is 74.1 cm³/mol. The lowest BCUT2D eigenvalue weighted by Crippen LogP contribution is -2.14. The molecular weight excluding hydrogens is 308 g/mol. The number of phenolic OH excluding ortho intramolecular Hbond substituents is 2. The van der Waals surface area contributed by atoms with Crippen molar-refractivity contribution in [3.63, 3.8) is 0 Å². The largest absolute Gasteiger partial charge is 0.507 e. The van der Waals surface area contributed by atoms with Crippen molar-refractivity contribution >= 4 is 34.8 Å². The van der Waals surface area contributed by atoms with Crippen molar-refractivity contribution in [2.24, 2.45) is 0 Å². The van der Waals surface area contributed by atoms with Gasteiger partial charge in [-0.2, -0.15) is 0 Å². The maximum atomic E-state index is 13.5. The van der Waals surface area contributed by atoms with Gasteiger partial charge in [-0.05, 0) is 24.3 Å². The van der Waals surface area contributed by atoms with Gasteiger partial charge in [0.1, 0.15) is 17.1 Å². The van der Waals surface area contributed by atoms with Crippen LogP contribution in [0.15, 0.2) is 30.3 Å². The Morgan fingerprint density at radius 3 is 2.30 bits per heavy atom. The summed E-state index contributed by atoms with van der Waals surface area (Å²) in [5, 5.41) is 21.1. The number of anilines is 1. The third-order valence-electron chi connectivity index (χ3n) is 2.49. The Hall–Kier alpha value is -1.98. The lowest BCUT2D eigenvalue weighted by molar-refractivity contribution is 0.102. The fourth-order valence-electron chi connectivity index (χ4n) is 1.57. The minimum Gasteiger partial charge on any atom is -0.507 e. The second-order valence-electron chi connectivity index (χ2n) is 3.88. The Labute approximate surface area is 123 Å². The van der Waals surface area contributed by atoms with Crippen molar-refractivity contribution in [1.29, 1.82) is 0 Å². The van der Waals surface area contributed by atoms with Gasteiger partial charge in [0.05, 0.1) is 10.0 Å². The van der Waals surface area contributed by atoms with Crippen LogP contribution in [0.4, 0.5) is 10.1 Å². The molecule has 2 aromatic rings. The van der Waals surface area contributed by atoms with E-state index in [2.05, 4.69) is 5.32 Å². The van der Waals surface area contributed by atoms with Crippen LogP contribution in [0.25, 0.3) is 0 Å². The summed E-state index contributed by atoms with van der Waals surface area (Å²) in [7, 11) is 0. The van der Waals surface area contributed by atoms with E-state index in [1.165, 1.54) is 24.3 Å². The minimum absolute atomic E-state index is 0.0643. The number of hydrogen-bond acceptors (Lipinski definition) is 3. The number of amides is 1. The lowest BCUT2D eigenvalue weighted by atomic mass is 10.1. The number of carbonyl (C=O) groups excluding carboxylic acids is 1. The molecule has 0 saturated carbocycles. The second-order valence-corrected chi connectivity index (χ2v) is 4.69. The number of rotatable bonds is 2. The van der Waals surface area contributed by atoms with Crippen LogP contribution in [0.1, 0.15) is 10.4 Å². The first-order valence-electron chi connectivity index (χ1n) is 5.37. The van der Waals surface area contributed by atoms with Crippen molar-refractivity contribution in [1.82, 2.24) is 0 Å². The van der Waals surface area contributed by atoms with Crippen LogP contribution in [0.3, 0.4) is 0 Å². The SMILES string of the molecule is O=C(Nc1cc(Cl)c(O)c(Cl)c1)c1c(O)cccc1F. The Bertz CT molecular complexity index is 648. The third-order valence-corrected chi connectivity index (χ3v) is 3.07. The van der Waals surface area contributed by atoms with Gasteiger partial charge in [0.2, 0.25) is 0 Å². The van der Waals surface area contributed by atoms with E-state index in [9.17, 15) is 19.4 Å². The van der Waals surface area contributed by atoms with Gasteiger partial charge in [-0.25, -0.2) is 4.39 Å². The quantitative estimate of drug-likeness (QED) is 0.738. The number of aromatic hydroxyl groups is 2. The lowest BCUT2D eigenvalue weighted by Gasteiger charge is -2.09. The molecule has 0 saturated heterocycles. The third kappa shape index (κ3) is 2.79. The van der Waals surface area contributed by atoms with Gasteiger partial charge in [0.15, 0.2) is 5.75 Å². The summed E-state index contributed by atoms with van der Waals surface area (Å²) in [4.78, 5) is 11.9. The minimum atomic E-state index is -0.863. The second kappa shape index (κ2) is 5.56. The van der Waals surface area contributed by atoms with Crippen LogP contribution in [0.5, 0.6) is 11.5 Å². The fourth-order valence-corrected chi connectivity index (χ4v) is 2.06. The smallest absolute Gasteiger partial charge is 0.262 e. The molecule has 1 amide bonds. The Morgan fingerprint density at radius 1 is 1.15 bits per heavy atom. The van der Waals surface area contributed by atoms with Gasteiger partial charge < -0.3 is 15.5 Å². The van der Waals surface area contributed by atoms with Crippen molar-refractivity contribution < 1.29 is 19.4 Å². The van der Waals surface area contributed by atoms with E-state index in [1.807, 2.05) is 0 Å². The molecule has 0 atom stereocenters. The summed E-state index contributed by atoms with van der Waals surface area (Å²) in [5.74, 6) is -2.53. The number of benzene rings is 2. The monoisotopic (exact) mass is 315 g/mol. The summed E-state index contributed by atoms with van der Waals surface area (Å²) in [5.41, 5.74) is -0.335. The standard InChI is InChI=1S/C13H8Cl2FNO3/c14-7-4-6(5-8(15)12(7)19)17-13(20)11-9(16)2-1-3-10(11)18/h1-5,18-19H,(H,17,20). The molecule has 0 aliphatic rings. The maximum Gasteiger partial charge on any atom is 0.262 e. The maximum absolute atomic E-state index is 13.5. The topological polar surface area (TPSA) is 69.6 Å². The summed E-state index contributed by atoms with van der Waals surface area (Å²) in [6.45, 7) is 0. The van der Waals surface area contributed by atoms with E-state index < -0.39 is 23.0 Å². The number of carbonyl (C=O) groups is 1. The summed E-state index contributed by atoms with van der Waals surface area (Å²) in [6, 6.07) is 6.01. The molecule has 0 spiro atoms. The molecule has 7 heteroatoms. The van der Waals surface area contributed by atoms with E-state index in [4.69, 9.17) is 23.2 Å². The van der Waals surface area contributed by atoms with Crippen molar-refractivity contribution in [2.45, 2.75) is 0 Å². The zero-order valence-electron chi connectivity index (χ0n) is 9.82. The predicted octanol–water partition coefficient (Wildman–Crippen LogP) is 3.80. The van der Waals surface area contributed by atoms with Crippen LogP contribution < -0.4 is 5.32 Å². The molecule has 0 bridgehead atoms. The average Bonchev–Trinajstić information content (AvgIpc) is 2.35. The van der Waals surface area contributed by atoms with Gasteiger partial charge in [0.25, 0.3) is 5.91 Å². The molecule has 3 N–H and O–H groups in total. The molecule has 4 nitrogen and oxygen atoms in total. The summed E-state index contributed by atoms with van der Waals surface area (Å²) >= 11 is 11.4. The Balaban J connectivity index is 2.33. The Kier molecular flexibility index (Phi) is 4.01. The van der Waals surface area contributed by atoms with E-state index in [0.29, 0.717) is 0 Å². The molecular formula is C13H8Cl2FNO3. The molecule has 0 aliphatic heterocycles. The highest BCUT2D eigenvalue weighted by Gasteiger charge is 2.17. The first-order chi connectivity index (χ1) is 9.40. The van der Waals surface area contributed by atoms with E-state index in [0.717, 1.165) is 6.07 Å². The molecule has 0 aliphatic carbocycles. The number of nitrogens with one attached hydrogen (secondary N) is 1. The van der Waals surface area contributed by atoms with Crippen LogP contribution in [0.2, 0.25) is 10.0 Å². The van der Waals surface area contributed by atoms with Gasteiger partial charge in [-0.1, -0.05) is 29.3 Å². The van der Waals surface area contributed by atoms with Crippen LogP contribution in [-0.4, -0.2) is 16.1 Å². The van der Waals surface area contributed by atoms with Gasteiger partial charge in [0, 0.05) is 5.69 Å². The highest BCUT2D eigenvalue weighted by molar-refractivity contribution is 6.37. The molecule has 0 unspecified atom stereocenters. The highest BCUT2D eigenvalue weighted by Crippen LogP contribution is 2.35. The van der Waals surface area contributed by atoms with Crippen molar-refractivity contribution in [3.8, 4) is 11.5 Å². The van der Waals surface area contributed by atoms with Crippen molar-refractivity contribution in [3.05, 3.63) is 51.8 Å². The first kappa shape index (κ1) is 14.4. The molecule has 0 radical (unpaired) electrons. The van der Waals surface area contributed by atoms with Gasteiger partial charge in [-0.3, -0.25) is 4.79 Å². The fraction of sp³-hybridized carbons (Fsp3) is 0. The Morgan fingerprint density at radius 2 is 1.75 bits per heavy atom. The molecule has 0 fully saturated rings. The molecule has 0 heterocycles. The zero-order valence-corrected chi connectivity index (χ0v) is 11.3. The van der Waals surface area contributed by atoms with Gasteiger partial charge >= 0.3 is 0 Å². The number of phenols is 2. The normalized spacial score (nSPS) is 10.3. The zero-order chi connectivity index (χ0) is 14.9. The molecule has 2 aromatic carbocycles. The molecule has 20 heavy (non-hydrogen) atoms. The molecule has 0 aromatic heterocycles. The van der Waals surface area contributed by atoms with E-state index in [-0.39, 0.29) is 21.5 Å². The first-order valence-corrected chi connectivity index (χ1v) is 6.12. The molecule has 104 valence electrons. The number of halogens is 3. The average molecular weight is 316 g/mol. The number of hydrogen-bond donors (Lipinski definition) is 3. The van der Waals surface area contributed by atoms with E-state index >= 15 is 0 Å². The highest BCUT2D eigenvalue weighted by atomic mass is 35.5. The molecule has 2 rings (SSSR count). The summed E-state index contributed by atoms with van der Waals surface area (Å²) < 4.78 is 13.5. The van der Waals surface area contributed by atoms with Crippen LogP contribution in [-0.2, 0) is 0 Å². The van der Waals surface area contributed by atoms with Crippen LogP contribution in [0, 0.1) is 5.82 Å². The summed E-state index contributed by atoms with van der Waals surface area (Å²) in [6.07, 6.45) is 0. The van der Waals surface area contributed by atoms with Crippen LogP contribution >= 0.6 is 23.2 Å². The van der Waals surface area contributed by atoms with E-state index in [1.54, 1.807) is 0 Å². The van der Waals surface area contributed by atoms with Gasteiger partial charge in [-0.15, -0.1) is 0 Å².